The summed E-state index contributed by atoms with van der Waals surface area (Å²) < 4.78 is 5.88. The molecule has 16 heavy (non-hydrogen) atoms. The molecule has 0 unspecified atom stereocenters. The van der Waals surface area contributed by atoms with E-state index in [2.05, 4.69) is 39.0 Å². The molecule has 2 nitrogen and oxygen atoms in total. The van der Waals surface area contributed by atoms with E-state index in [9.17, 15) is 0 Å². The van der Waals surface area contributed by atoms with Gasteiger partial charge in [0.15, 0.2) is 0 Å². The van der Waals surface area contributed by atoms with Crippen LogP contribution in [0.2, 0.25) is 0 Å². The number of fused-ring (bicyclic) bond motifs is 1. The van der Waals surface area contributed by atoms with E-state index in [1.807, 2.05) is 6.07 Å². The molecule has 86 valence electrons. The molecular weight excluding hydrogens is 198 g/mol. The van der Waals surface area contributed by atoms with E-state index >= 15 is 0 Å². The molecule has 1 heterocycles. The first-order chi connectivity index (χ1) is 7.53. The molecule has 0 spiro atoms. The first-order valence-electron chi connectivity index (χ1n) is 5.74. The van der Waals surface area contributed by atoms with Crippen LogP contribution in [-0.2, 0) is 5.41 Å². The zero-order valence-corrected chi connectivity index (χ0v) is 10.2. The highest BCUT2D eigenvalue weighted by molar-refractivity contribution is 5.78. The summed E-state index contributed by atoms with van der Waals surface area (Å²) >= 11 is 0. The summed E-state index contributed by atoms with van der Waals surface area (Å²) in [7, 11) is 0. The van der Waals surface area contributed by atoms with Crippen LogP contribution < -0.4 is 5.73 Å². The maximum absolute atomic E-state index is 5.88. The Morgan fingerprint density at radius 3 is 2.69 bits per heavy atom. The second-order valence-corrected chi connectivity index (χ2v) is 5.07. The summed E-state index contributed by atoms with van der Waals surface area (Å²) in [4.78, 5) is 0. The van der Waals surface area contributed by atoms with Gasteiger partial charge < -0.3 is 10.2 Å². The van der Waals surface area contributed by atoms with Crippen LogP contribution in [0.4, 0.5) is 0 Å². The standard InChI is InChI=1S/C14H19NO/c1-10-4-5-12-11(8-10)9-13(16-12)14(2,3)6-7-15/h4-5,8-9H,6-7,15H2,1-3H3. The van der Waals surface area contributed by atoms with Crippen molar-refractivity contribution in [2.75, 3.05) is 6.54 Å². The second kappa shape index (κ2) is 3.95. The molecule has 0 radical (unpaired) electrons. The summed E-state index contributed by atoms with van der Waals surface area (Å²) in [5.74, 6) is 1.03. The van der Waals surface area contributed by atoms with Gasteiger partial charge in [0.2, 0.25) is 0 Å². The maximum Gasteiger partial charge on any atom is 0.134 e. The molecule has 2 heteroatoms. The van der Waals surface area contributed by atoms with Gasteiger partial charge in [0, 0.05) is 10.8 Å². The molecule has 1 aromatic carbocycles. The zero-order valence-electron chi connectivity index (χ0n) is 10.2. The molecule has 0 aliphatic rings. The van der Waals surface area contributed by atoms with Crippen LogP contribution in [0.1, 0.15) is 31.6 Å². The predicted molar refractivity (Wildman–Crippen MR) is 67.6 cm³/mol. The van der Waals surface area contributed by atoms with Crippen LogP contribution >= 0.6 is 0 Å². The number of furan rings is 1. The van der Waals surface area contributed by atoms with Gasteiger partial charge in [-0.3, -0.25) is 0 Å². The van der Waals surface area contributed by atoms with Crippen molar-refractivity contribution in [2.24, 2.45) is 5.73 Å². The van der Waals surface area contributed by atoms with E-state index in [0.717, 1.165) is 17.8 Å². The Balaban J connectivity index is 2.46. The van der Waals surface area contributed by atoms with Crippen molar-refractivity contribution in [1.82, 2.24) is 0 Å². The lowest BCUT2D eigenvalue weighted by atomic mass is 9.86. The van der Waals surface area contributed by atoms with Crippen molar-refractivity contribution in [3.8, 4) is 0 Å². The van der Waals surface area contributed by atoms with Gasteiger partial charge in [-0.2, -0.15) is 0 Å². The van der Waals surface area contributed by atoms with Crippen LogP contribution in [0, 0.1) is 6.92 Å². The number of rotatable bonds is 3. The highest BCUT2D eigenvalue weighted by atomic mass is 16.3. The molecule has 0 aliphatic heterocycles. The summed E-state index contributed by atoms with van der Waals surface area (Å²) in [5, 5.41) is 1.18. The monoisotopic (exact) mass is 217 g/mol. The minimum Gasteiger partial charge on any atom is -0.461 e. The summed E-state index contributed by atoms with van der Waals surface area (Å²) in [6.07, 6.45) is 0.936. The molecule has 0 saturated carbocycles. The van der Waals surface area contributed by atoms with Crippen molar-refractivity contribution >= 4 is 11.0 Å². The molecule has 2 aromatic rings. The average Bonchev–Trinajstić information content (AvgIpc) is 2.61. The third-order valence-electron chi connectivity index (χ3n) is 3.11. The fraction of sp³-hybridized carbons (Fsp3) is 0.429. The molecular formula is C14H19NO. The van der Waals surface area contributed by atoms with Gasteiger partial charge in [0.25, 0.3) is 0 Å². The first-order valence-corrected chi connectivity index (χ1v) is 5.74. The van der Waals surface area contributed by atoms with Gasteiger partial charge in [-0.15, -0.1) is 0 Å². The van der Waals surface area contributed by atoms with Crippen LogP contribution in [0.3, 0.4) is 0 Å². The minimum atomic E-state index is 0.0156. The Kier molecular flexibility index (Phi) is 2.76. The maximum atomic E-state index is 5.88. The molecule has 2 N–H and O–H groups in total. The van der Waals surface area contributed by atoms with Crippen molar-refractivity contribution in [3.63, 3.8) is 0 Å². The van der Waals surface area contributed by atoms with Crippen LogP contribution in [0.5, 0.6) is 0 Å². The lowest BCUT2D eigenvalue weighted by molar-refractivity contribution is 0.382. The second-order valence-electron chi connectivity index (χ2n) is 5.07. The molecule has 0 atom stereocenters. The Morgan fingerprint density at radius 2 is 2.00 bits per heavy atom. The molecule has 0 bridgehead atoms. The van der Waals surface area contributed by atoms with E-state index in [4.69, 9.17) is 10.2 Å². The topological polar surface area (TPSA) is 39.2 Å². The van der Waals surface area contributed by atoms with Crippen LogP contribution in [-0.4, -0.2) is 6.54 Å². The molecule has 2 rings (SSSR count). The minimum absolute atomic E-state index is 0.0156. The Morgan fingerprint density at radius 1 is 1.25 bits per heavy atom. The molecule has 0 fully saturated rings. The summed E-state index contributed by atoms with van der Waals surface area (Å²) in [6.45, 7) is 7.12. The van der Waals surface area contributed by atoms with Crippen LogP contribution in [0.15, 0.2) is 28.7 Å². The molecule has 0 saturated heterocycles. The smallest absolute Gasteiger partial charge is 0.134 e. The fourth-order valence-electron chi connectivity index (χ4n) is 1.98. The number of benzene rings is 1. The van der Waals surface area contributed by atoms with E-state index in [-0.39, 0.29) is 5.41 Å². The van der Waals surface area contributed by atoms with E-state index in [1.165, 1.54) is 10.9 Å². The van der Waals surface area contributed by atoms with E-state index < -0.39 is 0 Å². The Labute approximate surface area is 96.4 Å². The SMILES string of the molecule is Cc1ccc2oc(C(C)(C)CCN)cc2c1. The lowest BCUT2D eigenvalue weighted by Crippen LogP contribution is -2.20. The zero-order chi connectivity index (χ0) is 11.8. The van der Waals surface area contributed by atoms with Gasteiger partial charge in [-0.1, -0.05) is 25.5 Å². The molecule has 0 aliphatic carbocycles. The number of nitrogens with two attached hydrogens (primary N) is 1. The summed E-state index contributed by atoms with van der Waals surface area (Å²) in [6, 6.07) is 8.40. The first kappa shape index (κ1) is 11.2. The third-order valence-corrected chi connectivity index (χ3v) is 3.11. The fourth-order valence-corrected chi connectivity index (χ4v) is 1.98. The number of hydrogen-bond acceptors (Lipinski definition) is 2. The number of hydrogen-bond donors (Lipinski definition) is 1. The van der Waals surface area contributed by atoms with Gasteiger partial charge >= 0.3 is 0 Å². The largest absolute Gasteiger partial charge is 0.461 e. The van der Waals surface area contributed by atoms with Crippen molar-refractivity contribution in [2.45, 2.75) is 32.6 Å². The Bertz CT molecular complexity index is 496. The lowest BCUT2D eigenvalue weighted by Gasteiger charge is -2.20. The van der Waals surface area contributed by atoms with Gasteiger partial charge in [0.1, 0.15) is 11.3 Å². The van der Waals surface area contributed by atoms with Crippen molar-refractivity contribution in [3.05, 3.63) is 35.6 Å². The average molecular weight is 217 g/mol. The highest BCUT2D eigenvalue weighted by Crippen LogP contribution is 2.31. The molecule has 0 amide bonds. The quantitative estimate of drug-likeness (QED) is 0.856. The van der Waals surface area contributed by atoms with E-state index in [1.54, 1.807) is 0 Å². The Hall–Kier alpha value is -1.28. The van der Waals surface area contributed by atoms with Gasteiger partial charge in [0.05, 0.1) is 0 Å². The van der Waals surface area contributed by atoms with Crippen molar-refractivity contribution in [1.29, 1.82) is 0 Å². The number of aryl methyl sites for hydroxylation is 1. The van der Waals surface area contributed by atoms with Gasteiger partial charge in [-0.25, -0.2) is 0 Å². The van der Waals surface area contributed by atoms with Crippen molar-refractivity contribution < 1.29 is 4.42 Å². The third kappa shape index (κ3) is 1.98. The van der Waals surface area contributed by atoms with Gasteiger partial charge in [-0.05, 0) is 38.1 Å². The normalized spacial score (nSPS) is 12.2. The van der Waals surface area contributed by atoms with E-state index in [0.29, 0.717) is 6.54 Å². The van der Waals surface area contributed by atoms with Crippen LogP contribution in [0.25, 0.3) is 11.0 Å². The highest BCUT2D eigenvalue weighted by Gasteiger charge is 2.23. The predicted octanol–water partition coefficient (Wildman–Crippen LogP) is 3.37. The summed E-state index contributed by atoms with van der Waals surface area (Å²) in [5.41, 5.74) is 7.87. The molecule has 1 aromatic heterocycles.